The van der Waals surface area contributed by atoms with Gasteiger partial charge in [0.25, 0.3) is 0 Å². The summed E-state index contributed by atoms with van der Waals surface area (Å²) in [4.78, 5) is 48.5. The second kappa shape index (κ2) is 13.6. The second-order valence-corrected chi connectivity index (χ2v) is 12.3. The third-order valence-corrected chi connectivity index (χ3v) is 9.60. The number of fused-ring (bicyclic) bond motifs is 1. The standard InChI is InChI=1S/C34H49N3O6/c1-7-11-12-20-35(18-8-2)32(41)29-34-23-24(5)33(6,43-34)27(28(34)31(40)37(29)21-13-22-38)30(39)36(19-9-3)25-14-16-26(17-15-25)42-10-4/h8-9,14-17,24,27-29,38H,2-3,7,10-13,18-23H2,1,4-6H3/t24?,27-,28+,29?,33+,34?/m1/s1. The molecule has 9 nitrogen and oxygen atoms in total. The summed E-state index contributed by atoms with van der Waals surface area (Å²) < 4.78 is 12.5. The van der Waals surface area contributed by atoms with E-state index in [1.807, 2.05) is 45.0 Å². The minimum atomic E-state index is -1.14. The van der Waals surface area contributed by atoms with E-state index >= 15 is 0 Å². The first-order valence-electron chi connectivity index (χ1n) is 15.8. The van der Waals surface area contributed by atoms with Gasteiger partial charge in [0, 0.05) is 38.5 Å². The van der Waals surface area contributed by atoms with Gasteiger partial charge in [-0.3, -0.25) is 14.4 Å². The number of carbonyl (C=O) groups excluding carboxylic acids is 3. The summed E-state index contributed by atoms with van der Waals surface area (Å²) in [6.07, 6.45) is 7.06. The molecule has 2 bridgehead atoms. The highest BCUT2D eigenvalue weighted by atomic mass is 16.5. The minimum Gasteiger partial charge on any atom is -0.494 e. The molecule has 9 heteroatoms. The van der Waals surface area contributed by atoms with Crippen LogP contribution < -0.4 is 9.64 Å². The summed E-state index contributed by atoms with van der Waals surface area (Å²) in [5.41, 5.74) is -1.40. The molecule has 1 aromatic carbocycles. The van der Waals surface area contributed by atoms with Crippen molar-refractivity contribution >= 4 is 23.4 Å². The molecule has 43 heavy (non-hydrogen) atoms. The number of hydrogen-bond acceptors (Lipinski definition) is 6. The lowest BCUT2D eigenvalue weighted by atomic mass is 9.62. The van der Waals surface area contributed by atoms with E-state index in [0.717, 1.165) is 19.3 Å². The summed E-state index contributed by atoms with van der Waals surface area (Å²) in [6, 6.07) is 6.44. The highest BCUT2D eigenvalue weighted by Crippen LogP contribution is 2.65. The quantitative estimate of drug-likeness (QED) is 0.227. The van der Waals surface area contributed by atoms with Gasteiger partial charge in [-0.25, -0.2) is 0 Å². The van der Waals surface area contributed by atoms with Crippen LogP contribution in [0.5, 0.6) is 5.75 Å². The second-order valence-electron chi connectivity index (χ2n) is 12.3. The number of ether oxygens (including phenoxy) is 2. The van der Waals surface area contributed by atoms with Gasteiger partial charge in [-0.1, -0.05) is 38.8 Å². The molecule has 3 saturated heterocycles. The molecule has 3 aliphatic rings. The zero-order valence-electron chi connectivity index (χ0n) is 26.3. The fraction of sp³-hybridized carbons (Fsp3) is 0.618. The molecule has 1 aromatic rings. The fourth-order valence-corrected chi connectivity index (χ4v) is 7.56. The molecular weight excluding hydrogens is 546 g/mol. The molecule has 1 N–H and O–H groups in total. The van der Waals surface area contributed by atoms with Gasteiger partial charge in [0.2, 0.25) is 17.7 Å². The maximum absolute atomic E-state index is 14.6. The van der Waals surface area contributed by atoms with Gasteiger partial charge in [0.1, 0.15) is 17.4 Å². The molecule has 4 rings (SSSR count). The number of anilines is 1. The lowest BCUT2D eigenvalue weighted by Crippen LogP contribution is -2.57. The van der Waals surface area contributed by atoms with E-state index in [0.29, 0.717) is 44.0 Å². The number of rotatable bonds is 16. The van der Waals surface area contributed by atoms with Gasteiger partial charge in [0.05, 0.1) is 24.0 Å². The van der Waals surface area contributed by atoms with Crippen molar-refractivity contribution in [2.45, 2.75) is 77.0 Å². The summed E-state index contributed by atoms with van der Waals surface area (Å²) in [5.74, 6) is -1.63. The summed E-state index contributed by atoms with van der Waals surface area (Å²) in [6.45, 7) is 17.6. The van der Waals surface area contributed by atoms with Crippen LogP contribution in [0, 0.1) is 17.8 Å². The molecule has 3 aliphatic heterocycles. The molecule has 1 spiro atoms. The van der Waals surface area contributed by atoms with Crippen molar-refractivity contribution < 1.29 is 29.0 Å². The number of nitrogens with zero attached hydrogens (tertiary/aromatic N) is 3. The smallest absolute Gasteiger partial charge is 0.248 e. The Morgan fingerprint density at radius 2 is 1.81 bits per heavy atom. The Kier molecular flexibility index (Phi) is 10.4. The molecule has 0 aromatic heterocycles. The molecule has 3 amide bonds. The number of amides is 3. The topological polar surface area (TPSA) is 99.6 Å². The highest BCUT2D eigenvalue weighted by molar-refractivity contribution is 6.03. The Labute approximate surface area is 256 Å². The van der Waals surface area contributed by atoms with Crippen LogP contribution in [0.15, 0.2) is 49.6 Å². The van der Waals surface area contributed by atoms with Gasteiger partial charge in [-0.2, -0.15) is 0 Å². The minimum absolute atomic E-state index is 0.0718. The first-order chi connectivity index (χ1) is 20.6. The third-order valence-electron chi connectivity index (χ3n) is 9.60. The van der Waals surface area contributed by atoms with Crippen LogP contribution in [0.1, 0.15) is 59.8 Å². The van der Waals surface area contributed by atoms with Gasteiger partial charge in [-0.05, 0) is 63.3 Å². The summed E-state index contributed by atoms with van der Waals surface area (Å²) >= 11 is 0. The number of carbonyl (C=O) groups is 3. The van der Waals surface area contributed by atoms with Crippen LogP contribution in [-0.4, -0.2) is 89.3 Å². The molecule has 0 aliphatic carbocycles. The molecule has 3 unspecified atom stereocenters. The van der Waals surface area contributed by atoms with Crippen molar-refractivity contribution in [3.8, 4) is 5.75 Å². The maximum Gasteiger partial charge on any atom is 0.248 e. The fourth-order valence-electron chi connectivity index (χ4n) is 7.56. The van der Waals surface area contributed by atoms with Crippen LogP contribution in [0.2, 0.25) is 0 Å². The third kappa shape index (κ3) is 5.74. The van der Waals surface area contributed by atoms with Crippen molar-refractivity contribution in [2.75, 3.05) is 44.3 Å². The van der Waals surface area contributed by atoms with E-state index in [1.165, 1.54) is 0 Å². The number of aliphatic hydroxyl groups excluding tert-OH is 1. The molecule has 3 fully saturated rings. The monoisotopic (exact) mass is 595 g/mol. The van der Waals surface area contributed by atoms with Crippen LogP contribution in [0.3, 0.4) is 0 Å². The van der Waals surface area contributed by atoms with Gasteiger partial charge in [0.15, 0.2) is 0 Å². The Morgan fingerprint density at radius 1 is 1.12 bits per heavy atom. The lowest BCUT2D eigenvalue weighted by molar-refractivity contribution is -0.152. The summed E-state index contributed by atoms with van der Waals surface area (Å²) in [7, 11) is 0. The SMILES string of the molecule is C=CCN(CCCCC)C(=O)C1N(CCCO)C(=O)[C@@H]2[C@H](C(=O)N(CC=C)c3ccc(OCC)cc3)[C@@]3(C)OC12CC3C. The molecule has 3 heterocycles. The van der Waals surface area contributed by atoms with Crippen molar-refractivity contribution in [3.63, 3.8) is 0 Å². The number of aliphatic hydroxyl groups is 1. The number of benzene rings is 1. The molecule has 0 saturated carbocycles. The maximum atomic E-state index is 14.6. The average Bonchev–Trinajstić information content (AvgIpc) is 3.50. The van der Waals surface area contributed by atoms with E-state index in [-0.39, 0.29) is 43.3 Å². The van der Waals surface area contributed by atoms with Crippen molar-refractivity contribution in [1.29, 1.82) is 0 Å². The zero-order chi connectivity index (χ0) is 31.4. The van der Waals surface area contributed by atoms with E-state index in [2.05, 4.69) is 20.1 Å². The lowest BCUT2D eigenvalue weighted by Gasteiger charge is -2.39. The van der Waals surface area contributed by atoms with E-state index in [4.69, 9.17) is 9.47 Å². The Balaban J connectivity index is 1.76. The van der Waals surface area contributed by atoms with Crippen LogP contribution >= 0.6 is 0 Å². The van der Waals surface area contributed by atoms with Crippen LogP contribution in [-0.2, 0) is 19.1 Å². The molecule has 236 valence electrons. The number of unbranched alkanes of at least 4 members (excludes halogenated alkanes) is 2. The van der Waals surface area contributed by atoms with Gasteiger partial charge in [-0.15, -0.1) is 13.2 Å². The van der Waals surface area contributed by atoms with Crippen molar-refractivity contribution in [2.24, 2.45) is 17.8 Å². The normalized spacial score (nSPS) is 29.0. The highest BCUT2D eigenvalue weighted by Gasteiger charge is 2.80. The Bertz CT molecular complexity index is 1190. The molecular formula is C34H49N3O6. The van der Waals surface area contributed by atoms with Crippen molar-refractivity contribution in [3.05, 3.63) is 49.6 Å². The van der Waals surface area contributed by atoms with Crippen LogP contribution in [0.4, 0.5) is 5.69 Å². The Morgan fingerprint density at radius 3 is 2.42 bits per heavy atom. The molecule has 0 radical (unpaired) electrons. The van der Waals surface area contributed by atoms with Gasteiger partial charge < -0.3 is 29.3 Å². The van der Waals surface area contributed by atoms with E-state index in [1.54, 1.807) is 26.9 Å². The van der Waals surface area contributed by atoms with Crippen molar-refractivity contribution in [1.82, 2.24) is 9.80 Å². The van der Waals surface area contributed by atoms with E-state index < -0.39 is 29.1 Å². The van der Waals surface area contributed by atoms with E-state index in [9.17, 15) is 19.5 Å². The first kappa shape index (κ1) is 32.7. The molecule has 6 atom stereocenters. The average molecular weight is 596 g/mol. The summed E-state index contributed by atoms with van der Waals surface area (Å²) in [5, 5.41) is 9.68. The predicted octanol–water partition coefficient (Wildman–Crippen LogP) is 4.20. The zero-order valence-corrected chi connectivity index (χ0v) is 26.3. The predicted molar refractivity (Wildman–Crippen MR) is 167 cm³/mol. The van der Waals surface area contributed by atoms with Crippen LogP contribution in [0.25, 0.3) is 0 Å². The number of likely N-dealkylation sites (tertiary alicyclic amines) is 1. The van der Waals surface area contributed by atoms with Gasteiger partial charge >= 0.3 is 0 Å². The first-order valence-corrected chi connectivity index (χ1v) is 15.8. The number of hydrogen-bond donors (Lipinski definition) is 1. The Hall–Kier alpha value is -3.17. The largest absolute Gasteiger partial charge is 0.494 e.